The highest BCUT2D eigenvalue weighted by Crippen LogP contribution is 2.29. The summed E-state index contributed by atoms with van der Waals surface area (Å²) in [6.45, 7) is 4.28. The first-order chi connectivity index (χ1) is 18.1. The number of unbranched alkanes of at least 4 members (excludes halogenated alkanes) is 4. The Morgan fingerprint density at radius 2 is 1.43 bits per heavy atom. The quantitative estimate of drug-likeness (QED) is 0.156. The molecule has 0 aromatic heterocycles. The number of carbonyl (C=O) groups excluding carboxylic acids is 1. The predicted molar refractivity (Wildman–Crippen MR) is 144 cm³/mol. The third-order valence-corrected chi connectivity index (χ3v) is 6.44. The van der Waals surface area contributed by atoms with Gasteiger partial charge >= 0.3 is 5.97 Å². The molecule has 0 radical (unpaired) electrons. The summed E-state index contributed by atoms with van der Waals surface area (Å²) in [5, 5.41) is 29.1. The third kappa shape index (κ3) is 6.84. The molecule has 3 aromatic carbocycles. The summed E-state index contributed by atoms with van der Waals surface area (Å²) in [5.74, 6) is -0.641. The van der Waals surface area contributed by atoms with Crippen LogP contribution in [-0.4, -0.2) is 5.97 Å². The summed E-state index contributed by atoms with van der Waals surface area (Å²) in [7, 11) is 0. The van der Waals surface area contributed by atoms with Gasteiger partial charge in [0.05, 0.1) is 22.8 Å². The largest absolute Gasteiger partial charge is 0.421 e. The first-order valence-electron chi connectivity index (χ1n) is 12.9. The van der Waals surface area contributed by atoms with Crippen LogP contribution in [0.2, 0.25) is 0 Å². The Morgan fingerprint density at radius 1 is 0.757 bits per heavy atom. The van der Waals surface area contributed by atoms with Crippen molar-refractivity contribution in [1.82, 2.24) is 0 Å². The average Bonchev–Trinajstić information content (AvgIpc) is 2.93. The monoisotopic (exact) mass is 489 g/mol. The van der Waals surface area contributed by atoms with Crippen LogP contribution in [0.25, 0.3) is 11.1 Å². The van der Waals surface area contributed by atoms with E-state index in [1.807, 2.05) is 18.2 Å². The Balaban J connectivity index is 1.82. The van der Waals surface area contributed by atoms with Gasteiger partial charge in [-0.25, -0.2) is 4.79 Å². The fourth-order valence-electron chi connectivity index (χ4n) is 4.33. The molecule has 0 heterocycles. The molecule has 0 aliphatic rings. The van der Waals surface area contributed by atoms with Crippen LogP contribution in [0.1, 0.15) is 90.5 Å². The minimum Gasteiger partial charge on any atom is -0.421 e. The number of hydrogen-bond donors (Lipinski definition) is 0. The first-order valence-corrected chi connectivity index (χ1v) is 12.9. The van der Waals surface area contributed by atoms with E-state index in [4.69, 9.17) is 4.74 Å². The normalized spacial score (nSPS) is 10.2. The number of ether oxygens (including phenoxy) is 1. The van der Waals surface area contributed by atoms with Gasteiger partial charge in [-0.2, -0.15) is 15.8 Å². The van der Waals surface area contributed by atoms with Crippen LogP contribution in [-0.2, 0) is 12.8 Å². The van der Waals surface area contributed by atoms with Crippen molar-refractivity contribution in [3.63, 3.8) is 0 Å². The van der Waals surface area contributed by atoms with E-state index >= 15 is 0 Å². The predicted octanol–water partition coefficient (Wildman–Crippen LogP) is 7.65. The number of esters is 1. The maximum Gasteiger partial charge on any atom is 0.343 e. The van der Waals surface area contributed by atoms with Gasteiger partial charge in [0.1, 0.15) is 23.5 Å². The molecule has 0 bridgehead atoms. The molecular formula is C32H31N3O2. The van der Waals surface area contributed by atoms with Crippen LogP contribution in [0.3, 0.4) is 0 Å². The Labute approximate surface area is 219 Å². The van der Waals surface area contributed by atoms with Gasteiger partial charge in [-0.15, -0.1) is 0 Å². The summed E-state index contributed by atoms with van der Waals surface area (Å²) in [5.41, 5.74) is 4.54. The zero-order valence-electron chi connectivity index (χ0n) is 21.5. The van der Waals surface area contributed by atoms with Crippen molar-refractivity contribution >= 4 is 5.97 Å². The molecule has 0 unspecified atom stereocenters. The minimum atomic E-state index is -0.687. The molecular weight excluding hydrogens is 458 g/mol. The van der Waals surface area contributed by atoms with Gasteiger partial charge in [0.15, 0.2) is 0 Å². The molecule has 5 nitrogen and oxygen atoms in total. The lowest BCUT2D eigenvalue weighted by molar-refractivity contribution is 0.0734. The first kappa shape index (κ1) is 27.2. The van der Waals surface area contributed by atoms with Crippen molar-refractivity contribution in [3.8, 4) is 35.1 Å². The van der Waals surface area contributed by atoms with E-state index in [1.165, 1.54) is 24.5 Å². The van der Waals surface area contributed by atoms with Crippen molar-refractivity contribution < 1.29 is 9.53 Å². The zero-order chi connectivity index (χ0) is 26.6. The molecule has 3 rings (SSSR count). The highest BCUT2D eigenvalue weighted by Gasteiger charge is 2.19. The summed E-state index contributed by atoms with van der Waals surface area (Å²) in [6.07, 6.45) is 8.25. The summed E-state index contributed by atoms with van der Waals surface area (Å²) >= 11 is 0. The van der Waals surface area contributed by atoms with E-state index < -0.39 is 5.97 Å². The Morgan fingerprint density at radius 3 is 2.05 bits per heavy atom. The molecule has 0 saturated carbocycles. The fraction of sp³-hybridized carbons (Fsp3) is 0.312. The van der Waals surface area contributed by atoms with Gasteiger partial charge in [0, 0.05) is 0 Å². The number of hydrogen-bond acceptors (Lipinski definition) is 5. The molecule has 0 spiro atoms. The van der Waals surface area contributed by atoms with E-state index in [0.717, 1.165) is 48.8 Å². The molecule has 5 heteroatoms. The van der Waals surface area contributed by atoms with Crippen molar-refractivity contribution in [2.75, 3.05) is 0 Å². The van der Waals surface area contributed by atoms with Gasteiger partial charge in [-0.05, 0) is 66.1 Å². The zero-order valence-corrected chi connectivity index (χ0v) is 21.5. The van der Waals surface area contributed by atoms with Crippen molar-refractivity contribution in [1.29, 1.82) is 15.8 Å². The topological polar surface area (TPSA) is 97.7 Å². The van der Waals surface area contributed by atoms with Crippen LogP contribution in [0.4, 0.5) is 0 Å². The van der Waals surface area contributed by atoms with Gasteiger partial charge in [-0.3, -0.25) is 0 Å². The molecule has 0 N–H and O–H groups in total. The minimum absolute atomic E-state index is 0.0459. The molecule has 186 valence electrons. The van der Waals surface area contributed by atoms with Crippen LogP contribution in [0.15, 0.2) is 54.6 Å². The number of benzene rings is 3. The van der Waals surface area contributed by atoms with Gasteiger partial charge in [0.2, 0.25) is 0 Å². The van der Waals surface area contributed by atoms with Crippen molar-refractivity contribution in [3.05, 3.63) is 88.0 Å². The van der Waals surface area contributed by atoms with Crippen molar-refractivity contribution in [2.24, 2.45) is 0 Å². The molecule has 0 amide bonds. The highest BCUT2D eigenvalue weighted by atomic mass is 16.5. The van der Waals surface area contributed by atoms with Crippen molar-refractivity contribution in [2.45, 2.75) is 65.2 Å². The Hall–Kier alpha value is -4.40. The average molecular weight is 490 g/mol. The molecule has 0 atom stereocenters. The molecule has 0 aliphatic carbocycles. The Bertz CT molecular complexity index is 1370. The van der Waals surface area contributed by atoms with E-state index in [0.29, 0.717) is 12.0 Å². The second-order valence-corrected chi connectivity index (χ2v) is 9.07. The number of aryl methyl sites for hydroxylation is 2. The van der Waals surface area contributed by atoms with E-state index in [9.17, 15) is 20.6 Å². The lowest BCUT2D eigenvalue weighted by Gasteiger charge is -2.12. The number of rotatable bonds is 11. The highest BCUT2D eigenvalue weighted by molar-refractivity contribution is 5.93. The maximum absolute atomic E-state index is 12.9. The lowest BCUT2D eigenvalue weighted by atomic mass is 9.96. The summed E-state index contributed by atoms with van der Waals surface area (Å²) in [6, 6.07) is 22.6. The third-order valence-electron chi connectivity index (χ3n) is 6.44. The van der Waals surface area contributed by atoms with Gasteiger partial charge in [0.25, 0.3) is 0 Å². The SMILES string of the molecule is CCCCCc1ccc(-c2ccc(C(=O)Oc3ccc(CCCCC)c(C#N)c3C#N)cc2C#N)cc1. The molecule has 37 heavy (non-hydrogen) atoms. The van der Waals surface area contributed by atoms with E-state index in [2.05, 4.69) is 38.1 Å². The summed E-state index contributed by atoms with van der Waals surface area (Å²) in [4.78, 5) is 12.9. The number of carbonyl (C=O) groups is 1. The lowest BCUT2D eigenvalue weighted by Crippen LogP contribution is -2.11. The molecule has 0 aliphatic heterocycles. The van der Waals surface area contributed by atoms with Crippen LogP contribution in [0, 0.1) is 34.0 Å². The summed E-state index contributed by atoms with van der Waals surface area (Å²) < 4.78 is 5.53. The number of nitriles is 3. The van der Waals surface area contributed by atoms with Crippen LogP contribution in [0.5, 0.6) is 5.75 Å². The van der Waals surface area contributed by atoms with E-state index in [-0.39, 0.29) is 22.4 Å². The smallest absolute Gasteiger partial charge is 0.343 e. The second-order valence-electron chi connectivity index (χ2n) is 9.07. The van der Waals surface area contributed by atoms with Gasteiger partial charge in [-0.1, -0.05) is 75.9 Å². The fourth-order valence-corrected chi connectivity index (χ4v) is 4.33. The second kappa shape index (κ2) is 13.6. The maximum atomic E-state index is 12.9. The molecule has 3 aromatic rings. The standard InChI is InChI=1S/C32H31N3O2/c1-3-5-7-9-23-11-13-25(14-12-23)28-17-15-26(19-27(28)20-33)32(36)37-31-18-16-24(10-8-6-4-2)29(21-34)30(31)22-35/h11-19H,3-10H2,1-2H3. The van der Waals surface area contributed by atoms with Crippen LogP contribution >= 0.6 is 0 Å². The molecule has 0 fully saturated rings. The number of nitrogens with zero attached hydrogens (tertiary/aromatic N) is 3. The van der Waals surface area contributed by atoms with Gasteiger partial charge < -0.3 is 4.74 Å². The Kier molecular flexibility index (Phi) is 10.0. The van der Waals surface area contributed by atoms with E-state index in [1.54, 1.807) is 24.3 Å². The van der Waals surface area contributed by atoms with Crippen LogP contribution < -0.4 is 4.74 Å². The molecule has 0 saturated heterocycles.